The monoisotopic (exact) mass is 387 g/mol. The molecule has 2 nitrogen and oxygen atoms in total. The van der Waals surface area contributed by atoms with Gasteiger partial charge in [-0.3, -0.25) is 4.79 Å². The number of pyridine rings is 1. The standard InChI is InChI=1S/C12H3Cl6NO/c13-7-6(8(14)10(16)11(17)9(7)15)5-2-1-4(3-20)12(18)19-5/h1-3H. The topological polar surface area (TPSA) is 30.0 Å². The smallest absolute Gasteiger partial charge is 0.153 e. The Balaban J connectivity index is 2.76. The fourth-order valence-electron chi connectivity index (χ4n) is 1.50. The van der Waals surface area contributed by atoms with Crippen LogP contribution in [-0.4, -0.2) is 11.3 Å². The molecular weight excluding hydrogens is 387 g/mol. The molecule has 0 aliphatic rings. The fraction of sp³-hybridized carbons (Fsp3) is 0. The van der Waals surface area contributed by atoms with Crippen LogP contribution in [0.15, 0.2) is 12.1 Å². The second-order valence-electron chi connectivity index (χ2n) is 3.64. The molecule has 20 heavy (non-hydrogen) atoms. The van der Waals surface area contributed by atoms with Gasteiger partial charge >= 0.3 is 0 Å². The van der Waals surface area contributed by atoms with Crippen molar-refractivity contribution < 1.29 is 4.79 Å². The zero-order valence-electron chi connectivity index (χ0n) is 9.36. The molecule has 1 aromatic heterocycles. The number of benzene rings is 1. The van der Waals surface area contributed by atoms with Crippen molar-refractivity contribution in [1.29, 1.82) is 0 Å². The van der Waals surface area contributed by atoms with E-state index in [9.17, 15) is 4.79 Å². The van der Waals surface area contributed by atoms with Crippen LogP contribution in [-0.2, 0) is 0 Å². The summed E-state index contributed by atoms with van der Waals surface area (Å²) in [5.41, 5.74) is 0.872. The molecule has 0 amide bonds. The lowest BCUT2D eigenvalue weighted by Gasteiger charge is -2.12. The summed E-state index contributed by atoms with van der Waals surface area (Å²) in [6.07, 6.45) is 0.587. The minimum atomic E-state index is 0.0202. The summed E-state index contributed by atoms with van der Waals surface area (Å²) in [4.78, 5) is 14.8. The second kappa shape index (κ2) is 6.27. The zero-order valence-corrected chi connectivity index (χ0v) is 13.9. The van der Waals surface area contributed by atoms with Gasteiger partial charge in [-0.1, -0.05) is 69.6 Å². The molecule has 1 heterocycles. The molecule has 0 atom stereocenters. The van der Waals surface area contributed by atoms with Crippen molar-refractivity contribution in [3.8, 4) is 11.3 Å². The van der Waals surface area contributed by atoms with E-state index in [-0.39, 0.29) is 35.8 Å². The van der Waals surface area contributed by atoms with Crippen LogP contribution in [0.2, 0.25) is 30.3 Å². The van der Waals surface area contributed by atoms with Gasteiger partial charge in [-0.2, -0.15) is 0 Å². The Morgan fingerprint density at radius 2 is 1.30 bits per heavy atom. The van der Waals surface area contributed by atoms with Crippen molar-refractivity contribution in [2.45, 2.75) is 0 Å². The van der Waals surface area contributed by atoms with Crippen molar-refractivity contribution in [3.05, 3.63) is 48.0 Å². The van der Waals surface area contributed by atoms with E-state index in [1.165, 1.54) is 12.1 Å². The lowest BCUT2D eigenvalue weighted by atomic mass is 10.1. The first kappa shape index (κ1) is 16.2. The van der Waals surface area contributed by atoms with Crippen LogP contribution in [0.1, 0.15) is 10.4 Å². The maximum Gasteiger partial charge on any atom is 0.153 e. The van der Waals surface area contributed by atoms with Crippen molar-refractivity contribution in [2.75, 3.05) is 0 Å². The Bertz CT molecular complexity index is 687. The molecule has 0 saturated carbocycles. The van der Waals surface area contributed by atoms with Crippen LogP contribution in [0.5, 0.6) is 0 Å². The SMILES string of the molecule is O=Cc1ccc(-c2c(Cl)c(Cl)c(Cl)c(Cl)c2Cl)nc1Cl. The third-order valence-electron chi connectivity index (χ3n) is 2.47. The lowest BCUT2D eigenvalue weighted by Crippen LogP contribution is -1.93. The van der Waals surface area contributed by atoms with Crippen LogP contribution in [0.4, 0.5) is 0 Å². The summed E-state index contributed by atoms with van der Waals surface area (Å²) in [7, 11) is 0. The van der Waals surface area contributed by atoms with Gasteiger partial charge in [0.25, 0.3) is 0 Å². The van der Waals surface area contributed by atoms with Crippen LogP contribution >= 0.6 is 69.6 Å². The highest BCUT2D eigenvalue weighted by molar-refractivity contribution is 6.56. The minimum Gasteiger partial charge on any atom is -0.298 e. The van der Waals surface area contributed by atoms with E-state index in [0.29, 0.717) is 17.5 Å². The highest BCUT2D eigenvalue weighted by Gasteiger charge is 2.21. The van der Waals surface area contributed by atoms with Crippen LogP contribution in [0, 0.1) is 0 Å². The second-order valence-corrected chi connectivity index (χ2v) is 5.89. The molecular formula is C12H3Cl6NO. The fourth-order valence-corrected chi connectivity index (χ4v) is 3.03. The first-order chi connectivity index (χ1) is 9.38. The summed E-state index contributed by atoms with van der Waals surface area (Å²) in [5.74, 6) is 0. The first-order valence-corrected chi connectivity index (χ1v) is 7.28. The van der Waals surface area contributed by atoms with Crippen molar-refractivity contribution >= 4 is 75.9 Å². The van der Waals surface area contributed by atoms with E-state index in [2.05, 4.69) is 4.98 Å². The molecule has 1 aromatic carbocycles. The number of aldehydes is 1. The number of hydrogen-bond acceptors (Lipinski definition) is 2. The molecule has 0 bridgehead atoms. The minimum absolute atomic E-state index is 0.0202. The number of aromatic nitrogens is 1. The molecule has 0 aliphatic heterocycles. The van der Waals surface area contributed by atoms with Crippen LogP contribution in [0.3, 0.4) is 0 Å². The number of carbonyl (C=O) groups excluding carboxylic acids is 1. The van der Waals surface area contributed by atoms with E-state index >= 15 is 0 Å². The number of rotatable bonds is 2. The number of carbonyl (C=O) groups is 1. The van der Waals surface area contributed by atoms with Crippen molar-refractivity contribution in [2.24, 2.45) is 0 Å². The average Bonchev–Trinajstić information content (AvgIpc) is 2.43. The predicted octanol–water partition coefficient (Wildman–Crippen LogP) is 6.48. The maximum absolute atomic E-state index is 10.7. The molecule has 8 heteroatoms. The van der Waals surface area contributed by atoms with Gasteiger partial charge in [-0.15, -0.1) is 0 Å². The molecule has 0 radical (unpaired) electrons. The third kappa shape index (κ3) is 2.74. The number of halogens is 6. The molecule has 0 fully saturated rings. The molecule has 2 aromatic rings. The van der Waals surface area contributed by atoms with Gasteiger partial charge in [0.05, 0.1) is 36.4 Å². The normalized spacial score (nSPS) is 10.7. The van der Waals surface area contributed by atoms with Gasteiger partial charge in [0.2, 0.25) is 0 Å². The summed E-state index contributed by atoms with van der Waals surface area (Å²) in [5, 5.41) is 0.418. The summed E-state index contributed by atoms with van der Waals surface area (Å²) in [6, 6.07) is 3.02. The Kier molecular flexibility index (Phi) is 5.06. The van der Waals surface area contributed by atoms with Gasteiger partial charge < -0.3 is 0 Å². The number of nitrogens with zero attached hydrogens (tertiary/aromatic N) is 1. The first-order valence-electron chi connectivity index (χ1n) is 5.02. The molecule has 0 spiro atoms. The molecule has 2 rings (SSSR count). The third-order valence-corrected chi connectivity index (χ3v) is 5.05. The highest BCUT2D eigenvalue weighted by atomic mass is 35.5. The Labute approximate surface area is 144 Å². The molecule has 0 saturated heterocycles. The van der Waals surface area contributed by atoms with E-state index in [1.807, 2.05) is 0 Å². The molecule has 0 aliphatic carbocycles. The Hall–Kier alpha value is -0.220. The molecule has 104 valence electrons. The number of hydrogen-bond donors (Lipinski definition) is 0. The molecule has 0 N–H and O–H groups in total. The van der Waals surface area contributed by atoms with Crippen LogP contribution < -0.4 is 0 Å². The van der Waals surface area contributed by atoms with Gasteiger partial charge in [0.1, 0.15) is 5.15 Å². The largest absolute Gasteiger partial charge is 0.298 e. The molecule has 0 unspecified atom stereocenters. The Morgan fingerprint density at radius 3 is 1.75 bits per heavy atom. The van der Waals surface area contributed by atoms with Gasteiger partial charge in [-0.25, -0.2) is 4.98 Å². The quantitative estimate of drug-likeness (QED) is 0.254. The van der Waals surface area contributed by atoms with E-state index in [0.717, 1.165) is 0 Å². The average molecular weight is 390 g/mol. The summed E-state index contributed by atoms with van der Waals surface area (Å²) in [6.45, 7) is 0. The summed E-state index contributed by atoms with van der Waals surface area (Å²) >= 11 is 36.0. The highest BCUT2D eigenvalue weighted by Crippen LogP contribution is 2.47. The lowest BCUT2D eigenvalue weighted by molar-refractivity contribution is 0.112. The van der Waals surface area contributed by atoms with Crippen molar-refractivity contribution in [1.82, 2.24) is 4.98 Å². The Morgan fingerprint density at radius 1 is 0.800 bits per heavy atom. The van der Waals surface area contributed by atoms with Crippen molar-refractivity contribution in [3.63, 3.8) is 0 Å². The van der Waals surface area contributed by atoms with Gasteiger partial charge in [-0.05, 0) is 12.1 Å². The maximum atomic E-state index is 10.7. The summed E-state index contributed by atoms with van der Waals surface area (Å²) < 4.78 is 0. The van der Waals surface area contributed by atoms with Crippen LogP contribution in [0.25, 0.3) is 11.3 Å². The van der Waals surface area contributed by atoms with E-state index in [4.69, 9.17) is 69.6 Å². The predicted molar refractivity (Wildman–Crippen MR) is 85.1 cm³/mol. The van der Waals surface area contributed by atoms with Gasteiger partial charge in [0.15, 0.2) is 6.29 Å². The van der Waals surface area contributed by atoms with E-state index < -0.39 is 0 Å². The van der Waals surface area contributed by atoms with E-state index in [1.54, 1.807) is 0 Å². The van der Waals surface area contributed by atoms with Gasteiger partial charge in [0, 0.05) is 5.56 Å². The zero-order chi connectivity index (χ0) is 15.0.